The highest BCUT2D eigenvalue weighted by atomic mass is 32.1. The van der Waals surface area contributed by atoms with Gasteiger partial charge in [0.1, 0.15) is 11.6 Å². The third kappa shape index (κ3) is 4.67. The summed E-state index contributed by atoms with van der Waals surface area (Å²) in [6.45, 7) is 2.71. The maximum absolute atomic E-state index is 12.2. The molecule has 9 heteroatoms. The van der Waals surface area contributed by atoms with Gasteiger partial charge in [0.2, 0.25) is 0 Å². The number of carbonyl (C=O) groups excluding carboxylic acids is 1. The summed E-state index contributed by atoms with van der Waals surface area (Å²) in [5.41, 5.74) is 2.68. The standard InChI is InChI=1S/C23H22N2O6S/c1-3-29-19-9-8-15(12-20(19)28-2)22-24-16(14-32-22)13-30-21(26)10-11-25-17-6-4-5-7-18(17)31-23(25)27/h4-9,12,14H,3,10-11,13H2,1-2H3. The van der Waals surface area contributed by atoms with Crippen molar-refractivity contribution in [1.82, 2.24) is 9.55 Å². The molecule has 32 heavy (non-hydrogen) atoms. The molecule has 0 spiro atoms. The van der Waals surface area contributed by atoms with E-state index >= 15 is 0 Å². The van der Waals surface area contributed by atoms with Crippen molar-refractivity contribution in [1.29, 1.82) is 0 Å². The van der Waals surface area contributed by atoms with E-state index in [0.29, 0.717) is 34.9 Å². The second kappa shape index (κ2) is 9.69. The summed E-state index contributed by atoms with van der Waals surface area (Å²) in [5, 5.41) is 2.63. The first-order valence-corrected chi connectivity index (χ1v) is 11.0. The molecule has 4 rings (SSSR count). The van der Waals surface area contributed by atoms with Gasteiger partial charge in [-0.25, -0.2) is 9.78 Å². The molecule has 0 radical (unpaired) electrons. The summed E-state index contributed by atoms with van der Waals surface area (Å²) < 4.78 is 22.9. The van der Waals surface area contributed by atoms with Crippen molar-refractivity contribution in [3.05, 3.63) is 64.1 Å². The topological polar surface area (TPSA) is 92.8 Å². The zero-order valence-corrected chi connectivity index (χ0v) is 18.5. The lowest BCUT2D eigenvalue weighted by Crippen LogP contribution is -2.17. The zero-order valence-electron chi connectivity index (χ0n) is 17.7. The van der Waals surface area contributed by atoms with Gasteiger partial charge >= 0.3 is 11.7 Å². The molecule has 0 amide bonds. The van der Waals surface area contributed by atoms with E-state index in [1.54, 1.807) is 25.3 Å². The van der Waals surface area contributed by atoms with Crippen LogP contribution in [-0.4, -0.2) is 29.2 Å². The number of oxazole rings is 1. The molecule has 0 bridgehead atoms. The highest BCUT2D eigenvalue weighted by Crippen LogP contribution is 2.33. The fourth-order valence-corrected chi connectivity index (χ4v) is 4.04. The molecule has 0 atom stereocenters. The van der Waals surface area contributed by atoms with Gasteiger partial charge in [-0.2, -0.15) is 0 Å². The van der Waals surface area contributed by atoms with E-state index in [2.05, 4.69) is 4.98 Å². The number of benzene rings is 2. The molecule has 0 unspecified atom stereocenters. The number of methoxy groups -OCH3 is 1. The second-order valence-corrected chi connectivity index (χ2v) is 7.70. The Morgan fingerprint density at radius 3 is 2.84 bits per heavy atom. The van der Waals surface area contributed by atoms with Crippen LogP contribution in [0.1, 0.15) is 19.0 Å². The highest BCUT2D eigenvalue weighted by molar-refractivity contribution is 7.13. The molecule has 0 aliphatic carbocycles. The molecule has 0 aliphatic heterocycles. The summed E-state index contributed by atoms with van der Waals surface area (Å²) in [5.74, 6) is 0.400. The Morgan fingerprint density at radius 2 is 2.03 bits per heavy atom. The van der Waals surface area contributed by atoms with Crippen LogP contribution in [0.4, 0.5) is 0 Å². The number of aromatic nitrogens is 2. The van der Waals surface area contributed by atoms with Crippen LogP contribution in [0.25, 0.3) is 21.7 Å². The molecule has 0 N–H and O–H groups in total. The fraction of sp³-hybridized carbons (Fsp3) is 0.261. The number of rotatable bonds is 9. The predicted octanol–water partition coefficient (Wildman–Crippen LogP) is 4.26. The summed E-state index contributed by atoms with van der Waals surface area (Å²) in [6, 6.07) is 12.7. The van der Waals surface area contributed by atoms with Gasteiger partial charge in [0.15, 0.2) is 17.1 Å². The molecule has 2 aromatic carbocycles. The number of hydrogen-bond donors (Lipinski definition) is 0. The van der Waals surface area contributed by atoms with Crippen LogP contribution in [-0.2, 0) is 22.7 Å². The molecule has 166 valence electrons. The molecule has 2 aromatic heterocycles. The Labute approximate surface area is 188 Å². The number of thiazole rings is 1. The molecule has 0 saturated carbocycles. The zero-order chi connectivity index (χ0) is 22.5. The Hall–Kier alpha value is -3.59. The normalized spacial score (nSPS) is 10.9. The van der Waals surface area contributed by atoms with Gasteiger partial charge in [0.25, 0.3) is 0 Å². The number of para-hydroxylation sites is 2. The Morgan fingerprint density at radius 1 is 1.19 bits per heavy atom. The minimum absolute atomic E-state index is 0.0521. The largest absolute Gasteiger partial charge is 0.493 e. The fourth-order valence-electron chi connectivity index (χ4n) is 3.24. The molecule has 0 saturated heterocycles. The molecule has 2 heterocycles. The van der Waals surface area contributed by atoms with Crippen LogP contribution >= 0.6 is 11.3 Å². The first-order chi connectivity index (χ1) is 15.6. The van der Waals surface area contributed by atoms with E-state index in [4.69, 9.17) is 18.6 Å². The smallest absolute Gasteiger partial charge is 0.419 e. The minimum Gasteiger partial charge on any atom is -0.493 e. The van der Waals surface area contributed by atoms with Gasteiger partial charge in [0, 0.05) is 17.5 Å². The number of esters is 1. The van der Waals surface area contributed by atoms with E-state index in [9.17, 15) is 9.59 Å². The van der Waals surface area contributed by atoms with Crippen molar-refractivity contribution in [3.8, 4) is 22.1 Å². The maximum Gasteiger partial charge on any atom is 0.419 e. The van der Waals surface area contributed by atoms with E-state index in [1.165, 1.54) is 15.9 Å². The molecular formula is C23H22N2O6S. The quantitative estimate of drug-likeness (QED) is 0.349. The Kier molecular flexibility index (Phi) is 6.55. The van der Waals surface area contributed by atoms with Crippen molar-refractivity contribution >= 4 is 28.4 Å². The predicted molar refractivity (Wildman–Crippen MR) is 120 cm³/mol. The molecule has 0 aliphatic rings. The van der Waals surface area contributed by atoms with Crippen LogP contribution in [0, 0.1) is 0 Å². The number of ether oxygens (including phenoxy) is 3. The lowest BCUT2D eigenvalue weighted by atomic mass is 10.2. The van der Waals surface area contributed by atoms with E-state index in [-0.39, 0.29) is 19.6 Å². The highest BCUT2D eigenvalue weighted by Gasteiger charge is 2.13. The summed E-state index contributed by atoms with van der Waals surface area (Å²) in [6.07, 6.45) is 0.0521. The number of fused-ring (bicyclic) bond motifs is 1. The second-order valence-electron chi connectivity index (χ2n) is 6.84. The van der Waals surface area contributed by atoms with Gasteiger partial charge in [-0.05, 0) is 37.3 Å². The summed E-state index contributed by atoms with van der Waals surface area (Å²) in [7, 11) is 1.59. The molecule has 4 aromatic rings. The number of hydrogen-bond acceptors (Lipinski definition) is 8. The van der Waals surface area contributed by atoms with Gasteiger partial charge in [-0.1, -0.05) is 12.1 Å². The van der Waals surface area contributed by atoms with Crippen molar-refractivity contribution in [2.24, 2.45) is 0 Å². The minimum atomic E-state index is -0.492. The lowest BCUT2D eigenvalue weighted by molar-refractivity contribution is -0.145. The Bertz CT molecular complexity index is 1290. The lowest BCUT2D eigenvalue weighted by Gasteiger charge is -2.09. The average molecular weight is 455 g/mol. The van der Waals surface area contributed by atoms with Crippen molar-refractivity contribution < 1.29 is 23.4 Å². The monoisotopic (exact) mass is 454 g/mol. The van der Waals surface area contributed by atoms with Gasteiger partial charge in [0.05, 0.1) is 31.3 Å². The van der Waals surface area contributed by atoms with Crippen molar-refractivity contribution in [3.63, 3.8) is 0 Å². The summed E-state index contributed by atoms with van der Waals surface area (Å²) >= 11 is 1.45. The number of carbonyl (C=O) groups is 1. The maximum atomic E-state index is 12.2. The van der Waals surface area contributed by atoms with E-state index < -0.39 is 11.7 Å². The van der Waals surface area contributed by atoms with Gasteiger partial charge in [-0.15, -0.1) is 11.3 Å². The first-order valence-electron chi connectivity index (χ1n) is 10.1. The van der Waals surface area contributed by atoms with Crippen LogP contribution < -0.4 is 15.2 Å². The number of nitrogens with zero attached hydrogens (tertiary/aromatic N) is 2. The molecular weight excluding hydrogens is 432 g/mol. The van der Waals surface area contributed by atoms with Crippen molar-refractivity contribution in [2.45, 2.75) is 26.5 Å². The van der Waals surface area contributed by atoms with Gasteiger partial charge < -0.3 is 18.6 Å². The van der Waals surface area contributed by atoms with Crippen LogP contribution in [0.15, 0.2) is 57.1 Å². The van der Waals surface area contributed by atoms with Gasteiger partial charge in [-0.3, -0.25) is 9.36 Å². The van der Waals surface area contributed by atoms with Crippen LogP contribution in [0.2, 0.25) is 0 Å². The molecule has 8 nitrogen and oxygen atoms in total. The first kappa shape index (κ1) is 21.6. The van der Waals surface area contributed by atoms with Crippen LogP contribution in [0.3, 0.4) is 0 Å². The Balaban J connectivity index is 1.35. The third-order valence-electron chi connectivity index (χ3n) is 4.76. The third-order valence-corrected chi connectivity index (χ3v) is 5.70. The van der Waals surface area contributed by atoms with Crippen LogP contribution in [0.5, 0.6) is 11.5 Å². The van der Waals surface area contributed by atoms with E-state index in [0.717, 1.165) is 10.6 Å². The molecule has 0 fully saturated rings. The SMILES string of the molecule is CCOc1ccc(-c2nc(COC(=O)CCn3c(=O)oc4ccccc43)cs2)cc1OC. The summed E-state index contributed by atoms with van der Waals surface area (Å²) in [4.78, 5) is 28.7. The van der Waals surface area contributed by atoms with E-state index in [1.807, 2.05) is 36.6 Å². The number of aryl methyl sites for hydroxylation is 1. The van der Waals surface area contributed by atoms with Crippen molar-refractivity contribution in [2.75, 3.05) is 13.7 Å². The average Bonchev–Trinajstić information content (AvgIpc) is 3.40.